The van der Waals surface area contributed by atoms with Crippen LogP contribution < -0.4 is 5.32 Å². The van der Waals surface area contributed by atoms with Crippen LogP contribution in [0.5, 0.6) is 0 Å². The maximum atomic E-state index is 12.6. The Morgan fingerprint density at radius 1 is 1.42 bits per heavy atom. The van der Waals surface area contributed by atoms with Crippen molar-refractivity contribution in [3.63, 3.8) is 0 Å². The summed E-state index contributed by atoms with van der Waals surface area (Å²) in [5.41, 5.74) is 1.23. The van der Waals surface area contributed by atoms with Crippen LogP contribution >= 0.6 is 0 Å². The number of halogens is 3. The number of rotatable bonds is 4. The molecule has 0 radical (unpaired) electrons. The maximum absolute atomic E-state index is 12.6. The lowest BCUT2D eigenvalue weighted by Crippen LogP contribution is -2.32. The fraction of sp³-hybridized carbons (Fsp3) is 0.571. The van der Waals surface area contributed by atoms with Gasteiger partial charge in [0.15, 0.2) is 0 Å². The summed E-state index contributed by atoms with van der Waals surface area (Å²) in [6.07, 6.45) is -2.73. The summed E-state index contributed by atoms with van der Waals surface area (Å²) in [4.78, 5) is 0. The van der Waals surface area contributed by atoms with Gasteiger partial charge < -0.3 is 10.1 Å². The van der Waals surface area contributed by atoms with Crippen LogP contribution in [-0.4, -0.2) is 19.8 Å². The summed E-state index contributed by atoms with van der Waals surface area (Å²) in [6.45, 7) is 2.60. The van der Waals surface area contributed by atoms with Crippen molar-refractivity contribution < 1.29 is 17.9 Å². The van der Waals surface area contributed by atoms with E-state index in [1.807, 2.05) is 6.92 Å². The average molecular weight is 273 g/mol. The fourth-order valence-corrected chi connectivity index (χ4v) is 2.61. The van der Waals surface area contributed by atoms with Crippen molar-refractivity contribution in [2.24, 2.45) is 0 Å². The molecule has 0 amide bonds. The first-order chi connectivity index (χ1) is 8.91. The molecule has 2 atom stereocenters. The van der Waals surface area contributed by atoms with E-state index < -0.39 is 11.7 Å². The van der Waals surface area contributed by atoms with Crippen LogP contribution in [0.1, 0.15) is 36.1 Å². The Kier molecular flexibility index (Phi) is 4.16. The van der Waals surface area contributed by atoms with Gasteiger partial charge in [-0.15, -0.1) is 0 Å². The molecule has 1 aromatic carbocycles. The molecular formula is C14H18F3NO. The molecule has 19 heavy (non-hydrogen) atoms. The van der Waals surface area contributed by atoms with Crippen LogP contribution in [-0.2, 0) is 17.3 Å². The molecule has 1 aromatic rings. The van der Waals surface area contributed by atoms with Crippen LogP contribution in [0.3, 0.4) is 0 Å². The number of aryl methyl sites for hydroxylation is 1. The molecule has 0 aromatic heterocycles. The maximum Gasteiger partial charge on any atom is 0.416 e. The van der Waals surface area contributed by atoms with Crippen LogP contribution in [0.2, 0.25) is 0 Å². The highest BCUT2D eigenvalue weighted by atomic mass is 19.4. The van der Waals surface area contributed by atoms with Crippen LogP contribution in [0.15, 0.2) is 18.2 Å². The molecule has 0 heterocycles. The molecule has 1 aliphatic rings. The van der Waals surface area contributed by atoms with E-state index in [4.69, 9.17) is 4.74 Å². The molecule has 106 valence electrons. The highest BCUT2D eigenvalue weighted by Crippen LogP contribution is 2.36. The Hall–Kier alpha value is -1.07. The summed E-state index contributed by atoms with van der Waals surface area (Å²) >= 11 is 0. The van der Waals surface area contributed by atoms with Gasteiger partial charge in [0.1, 0.15) is 0 Å². The minimum atomic E-state index is -4.26. The molecule has 0 unspecified atom stereocenters. The second kappa shape index (κ2) is 5.51. The molecule has 2 rings (SSSR count). The van der Waals surface area contributed by atoms with Gasteiger partial charge in [-0.3, -0.25) is 0 Å². The number of hydrogen-bond donors (Lipinski definition) is 1. The van der Waals surface area contributed by atoms with Crippen molar-refractivity contribution in [3.8, 4) is 0 Å². The molecule has 0 saturated carbocycles. The molecule has 0 saturated heterocycles. The predicted molar refractivity (Wildman–Crippen MR) is 67.0 cm³/mol. The second-order valence-electron chi connectivity index (χ2n) is 5.03. The smallest absolute Gasteiger partial charge is 0.383 e. The van der Waals surface area contributed by atoms with Crippen molar-refractivity contribution in [2.45, 2.75) is 38.0 Å². The van der Waals surface area contributed by atoms with E-state index >= 15 is 0 Å². The van der Waals surface area contributed by atoms with E-state index in [-0.39, 0.29) is 12.1 Å². The molecule has 0 fully saturated rings. The Labute approximate surface area is 111 Å². The Morgan fingerprint density at radius 3 is 2.79 bits per heavy atom. The molecule has 0 spiro atoms. The van der Waals surface area contributed by atoms with E-state index in [1.165, 1.54) is 12.1 Å². The zero-order valence-corrected chi connectivity index (χ0v) is 11.1. The van der Waals surface area contributed by atoms with Gasteiger partial charge in [-0.25, -0.2) is 0 Å². The van der Waals surface area contributed by atoms with Crippen molar-refractivity contribution in [1.29, 1.82) is 0 Å². The van der Waals surface area contributed by atoms with Gasteiger partial charge in [0.05, 0.1) is 12.2 Å². The fourth-order valence-electron chi connectivity index (χ4n) is 2.61. The van der Waals surface area contributed by atoms with Gasteiger partial charge in [0.2, 0.25) is 0 Å². The van der Waals surface area contributed by atoms with Crippen molar-refractivity contribution in [3.05, 3.63) is 34.9 Å². The zero-order valence-electron chi connectivity index (χ0n) is 11.1. The normalized spacial score (nSPS) is 20.4. The zero-order chi connectivity index (χ0) is 14.0. The minimum Gasteiger partial charge on any atom is -0.383 e. The minimum absolute atomic E-state index is 0.127. The molecule has 5 heteroatoms. The molecule has 2 nitrogen and oxygen atoms in total. The van der Waals surface area contributed by atoms with Crippen molar-refractivity contribution in [1.82, 2.24) is 5.32 Å². The Morgan fingerprint density at radius 2 is 2.16 bits per heavy atom. The van der Waals surface area contributed by atoms with Gasteiger partial charge in [0, 0.05) is 19.2 Å². The molecule has 0 aliphatic heterocycles. The third-order valence-electron chi connectivity index (χ3n) is 3.45. The SMILES string of the molecule is COC[C@@H](C)N[C@@H]1CCc2cc(C(F)(F)F)ccc21. The number of fused-ring (bicyclic) bond motifs is 1. The second-order valence-corrected chi connectivity index (χ2v) is 5.03. The third kappa shape index (κ3) is 3.28. The first-order valence-electron chi connectivity index (χ1n) is 6.37. The lowest BCUT2D eigenvalue weighted by Gasteiger charge is -2.20. The predicted octanol–water partition coefficient (Wildman–Crippen LogP) is 3.32. The average Bonchev–Trinajstić information content (AvgIpc) is 2.71. The monoisotopic (exact) mass is 273 g/mol. The number of methoxy groups -OCH3 is 1. The number of hydrogen-bond acceptors (Lipinski definition) is 2. The van der Waals surface area contributed by atoms with Crippen LogP contribution in [0.4, 0.5) is 13.2 Å². The van der Waals surface area contributed by atoms with E-state index in [0.717, 1.165) is 17.5 Å². The number of alkyl halides is 3. The number of benzene rings is 1. The van der Waals surface area contributed by atoms with E-state index in [1.54, 1.807) is 13.2 Å². The summed E-state index contributed by atoms with van der Waals surface area (Å²) in [7, 11) is 1.64. The topological polar surface area (TPSA) is 21.3 Å². The quantitative estimate of drug-likeness (QED) is 0.908. The van der Waals surface area contributed by atoms with Gasteiger partial charge in [-0.05, 0) is 43.0 Å². The number of nitrogens with one attached hydrogen (secondary N) is 1. The van der Waals surface area contributed by atoms with Gasteiger partial charge in [0.25, 0.3) is 0 Å². The third-order valence-corrected chi connectivity index (χ3v) is 3.45. The highest BCUT2D eigenvalue weighted by Gasteiger charge is 2.33. The van der Waals surface area contributed by atoms with E-state index in [9.17, 15) is 13.2 Å². The largest absolute Gasteiger partial charge is 0.416 e. The van der Waals surface area contributed by atoms with Gasteiger partial charge in [-0.1, -0.05) is 6.07 Å². The summed E-state index contributed by atoms with van der Waals surface area (Å²) in [5, 5.41) is 3.39. The summed E-state index contributed by atoms with van der Waals surface area (Å²) in [5.74, 6) is 0. The van der Waals surface area contributed by atoms with Crippen LogP contribution in [0, 0.1) is 0 Å². The lowest BCUT2D eigenvalue weighted by molar-refractivity contribution is -0.137. The van der Waals surface area contributed by atoms with Crippen LogP contribution in [0.25, 0.3) is 0 Å². The van der Waals surface area contributed by atoms with Crippen molar-refractivity contribution >= 4 is 0 Å². The Balaban J connectivity index is 2.13. The molecule has 0 bridgehead atoms. The van der Waals surface area contributed by atoms with Crippen molar-refractivity contribution in [2.75, 3.05) is 13.7 Å². The molecular weight excluding hydrogens is 255 g/mol. The van der Waals surface area contributed by atoms with E-state index in [2.05, 4.69) is 5.32 Å². The van der Waals surface area contributed by atoms with E-state index in [0.29, 0.717) is 13.0 Å². The first kappa shape index (κ1) is 14.3. The summed E-state index contributed by atoms with van der Waals surface area (Å²) in [6, 6.07) is 4.35. The highest BCUT2D eigenvalue weighted by molar-refractivity contribution is 5.39. The van der Waals surface area contributed by atoms with Gasteiger partial charge >= 0.3 is 6.18 Å². The standard InChI is InChI=1S/C14H18F3NO/c1-9(8-19-2)18-13-6-3-10-7-11(14(15,16)17)4-5-12(10)13/h4-5,7,9,13,18H,3,6,8H2,1-2H3/t9-,13-/m1/s1. The lowest BCUT2D eigenvalue weighted by atomic mass is 10.0. The van der Waals surface area contributed by atoms with Gasteiger partial charge in [-0.2, -0.15) is 13.2 Å². The molecule has 1 N–H and O–H groups in total. The number of ether oxygens (including phenoxy) is 1. The summed E-state index contributed by atoms with van der Waals surface area (Å²) < 4.78 is 42.9. The Bertz CT molecular complexity index is 445. The molecule has 1 aliphatic carbocycles. The first-order valence-corrected chi connectivity index (χ1v) is 6.37.